The monoisotopic (exact) mass is 418 g/mol. The Morgan fingerprint density at radius 2 is 1.87 bits per heavy atom. The zero-order chi connectivity index (χ0) is 22.0. The number of benzene rings is 3. The van der Waals surface area contributed by atoms with Crippen molar-refractivity contribution in [1.82, 2.24) is 0 Å². The molecule has 7 heteroatoms. The molecule has 0 aromatic heterocycles. The Bertz CT molecular complexity index is 1200. The van der Waals surface area contributed by atoms with Crippen LogP contribution in [0.4, 0.5) is 4.39 Å². The summed E-state index contributed by atoms with van der Waals surface area (Å²) in [6.45, 7) is 0.242. The molecule has 3 aromatic carbocycles. The number of allylic oxidation sites excluding steroid dienone is 1. The van der Waals surface area contributed by atoms with Crippen molar-refractivity contribution in [2.45, 2.75) is 12.5 Å². The van der Waals surface area contributed by atoms with E-state index in [2.05, 4.69) is 6.07 Å². The molecule has 156 valence electrons. The largest absolute Gasteiger partial charge is 0.508 e. The van der Waals surface area contributed by atoms with E-state index in [4.69, 9.17) is 19.9 Å². The molecule has 0 amide bonds. The molecule has 1 atom stereocenters. The lowest BCUT2D eigenvalue weighted by atomic mass is 9.83. The van der Waals surface area contributed by atoms with Crippen LogP contribution in [0.5, 0.6) is 23.0 Å². The van der Waals surface area contributed by atoms with E-state index in [1.54, 1.807) is 30.3 Å². The number of ether oxygens (including phenoxy) is 3. The molecule has 6 nitrogen and oxygen atoms in total. The van der Waals surface area contributed by atoms with E-state index in [9.17, 15) is 14.8 Å². The molecule has 0 saturated heterocycles. The number of nitrogens with zero attached hydrogens (tertiary/aromatic N) is 1. The highest BCUT2D eigenvalue weighted by molar-refractivity contribution is 5.58. The maximum atomic E-state index is 13.1. The predicted molar refractivity (Wildman–Crippen MR) is 111 cm³/mol. The second-order valence-electron chi connectivity index (χ2n) is 6.97. The lowest BCUT2D eigenvalue weighted by molar-refractivity contribution is 0.284. The summed E-state index contributed by atoms with van der Waals surface area (Å²) >= 11 is 0. The van der Waals surface area contributed by atoms with Crippen LogP contribution < -0.4 is 19.9 Å². The van der Waals surface area contributed by atoms with Crippen LogP contribution >= 0.6 is 0 Å². The number of nitrogens with two attached hydrogens (primary N) is 1. The molecule has 0 spiro atoms. The highest BCUT2D eigenvalue weighted by Crippen LogP contribution is 2.45. The summed E-state index contributed by atoms with van der Waals surface area (Å²) < 4.78 is 30.0. The number of methoxy groups -OCH3 is 1. The number of aromatic hydroxyl groups is 1. The van der Waals surface area contributed by atoms with Crippen molar-refractivity contribution in [3.8, 4) is 29.1 Å². The number of phenolic OH excluding ortho intramolecular Hbond substituents is 1. The first-order valence-corrected chi connectivity index (χ1v) is 9.46. The van der Waals surface area contributed by atoms with Gasteiger partial charge in [-0.1, -0.05) is 24.3 Å². The smallest absolute Gasteiger partial charge is 0.205 e. The van der Waals surface area contributed by atoms with Crippen molar-refractivity contribution in [2.75, 3.05) is 7.11 Å². The molecule has 0 saturated carbocycles. The molecule has 0 radical (unpaired) electrons. The number of hydrogen-bond acceptors (Lipinski definition) is 6. The van der Waals surface area contributed by atoms with E-state index in [1.807, 2.05) is 6.07 Å². The van der Waals surface area contributed by atoms with Crippen LogP contribution in [-0.2, 0) is 6.61 Å². The molecule has 3 aromatic rings. The van der Waals surface area contributed by atoms with Gasteiger partial charge in [-0.05, 0) is 41.5 Å². The summed E-state index contributed by atoms with van der Waals surface area (Å²) in [5.41, 5.74) is 8.50. The van der Waals surface area contributed by atoms with Crippen molar-refractivity contribution < 1.29 is 23.7 Å². The van der Waals surface area contributed by atoms with Crippen LogP contribution in [-0.4, -0.2) is 12.2 Å². The quantitative estimate of drug-likeness (QED) is 0.640. The molecular weight excluding hydrogens is 399 g/mol. The molecule has 1 heterocycles. The number of rotatable bonds is 5. The standard InChI is InChI=1S/C24H19FN2O4/c1-29-22-10-15(4-9-20(22)30-13-14-2-5-16(25)6-3-14)23-18-8-7-17(28)11-21(18)31-24(27)19(23)12-26/h2-11,23,28H,13,27H2,1H3/t23-/m1/s1. The molecule has 31 heavy (non-hydrogen) atoms. The Labute approximate surface area is 178 Å². The number of phenols is 1. The number of nitriles is 1. The van der Waals surface area contributed by atoms with E-state index in [1.165, 1.54) is 31.4 Å². The fraction of sp³-hybridized carbons (Fsp3) is 0.125. The highest BCUT2D eigenvalue weighted by atomic mass is 19.1. The minimum atomic E-state index is -0.491. The van der Waals surface area contributed by atoms with Gasteiger partial charge < -0.3 is 25.1 Å². The van der Waals surface area contributed by atoms with Crippen LogP contribution in [0.2, 0.25) is 0 Å². The van der Waals surface area contributed by atoms with Crippen LogP contribution in [0.3, 0.4) is 0 Å². The molecule has 0 unspecified atom stereocenters. The Morgan fingerprint density at radius 3 is 2.58 bits per heavy atom. The number of fused-ring (bicyclic) bond motifs is 1. The van der Waals surface area contributed by atoms with Gasteiger partial charge in [0.2, 0.25) is 5.88 Å². The average molecular weight is 418 g/mol. The van der Waals surface area contributed by atoms with Gasteiger partial charge in [0.1, 0.15) is 35.6 Å². The van der Waals surface area contributed by atoms with E-state index < -0.39 is 5.92 Å². The molecular formula is C24H19FN2O4. The van der Waals surface area contributed by atoms with Gasteiger partial charge in [-0.3, -0.25) is 0 Å². The van der Waals surface area contributed by atoms with Crippen molar-refractivity contribution in [2.24, 2.45) is 5.73 Å². The first-order valence-electron chi connectivity index (χ1n) is 9.46. The summed E-state index contributed by atoms with van der Waals surface area (Å²) in [4.78, 5) is 0. The number of hydrogen-bond donors (Lipinski definition) is 2. The van der Waals surface area contributed by atoms with E-state index >= 15 is 0 Å². The molecule has 0 aliphatic carbocycles. The molecule has 3 N–H and O–H groups in total. The summed E-state index contributed by atoms with van der Waals surface area (Å²) in [5, 5.41) is 19.5. The van der Waals surface area contributed by atoms with E-state index in [0.29, 0.717) is 22.8 Å². The minimum absolute atomic E-state index is 0.0128. The molecule has 0 bridgehead atoms. The van der Waals surface area contributed by atoms with Crippen LogP contribution in [0.15, 0.2) is 72.1 Å². The minimum Gasteiger partial charge on any atom is -0.508 e. The van der Waals surface area contributed by atoms with E-state index in [-0.39, 0.29) is 29.6 Å². The van der Waals surface area contributed by atoms with Gasteiger partial charge in [0.05, 0.1) is 13.0 Å². The van der Waals surface area contributed by atoms with Gasteiger partial charge in [-0.15, -0.1) is 0 Å². The summed E-state index contributed by atoms with van der Waals surface area (Å²) in [6, 6.07) is 18.2. The zero-order valence-electron chi connectivity index (χ0n) is 16.6. The average Bonchev–Trinajstić information content (AvgIpc) is 2.77. The van der Waals surface area contributed by atoms with Crippen molar-refractivity contribution in [1.29, 1.82) is 5.26 Å². The van der Waals surface area contributed by atoms with Gasteiger partial charge in [0.25, 0.3) is 0 Å². The second kappa shape index (κ2) is 8.28. The van der Waals surface area contributed by atoms with Crippen molar-refractivity contribution >= 4 is 0 Å². The van der Waals surface area contributed by atoms with Gasteiger partial charge >= 0.3 is 0 Å². The maximum Gasteiger partial charge on any atom is 0.205 e. The third-order valence-corrected chi connectivity index (χ3v) is 5.03. The predicted octanol–water partition coefficient (Wildman–Crippen LogP) is 4.34. The topological polar surface area (TPSA) is 97.7 Å². The second-order valence-corrected chi connectivity index (χ2v) is 6.97. The zero-order valence-corrected chi connectivity index (χ0v) is 16.6. The SMILES string of the molecule is COc1cc([C@H]2C(C#N)=C(N)Oc3cc(O)ccc32)ccc1OCc1ccc(F)cc1. The maximum absolute atomic E-state index is 13.1. The first-order chi connectivity index (χ1) is 15.0. The summed E-state index contributed by atoms with van der Waals surface area (Å²) in [6.07, 6.45) is 0. The first kappa shape index (κ1) is 20.1. The third-order valence-electron chi connectivity index (χ3n) is 5.03. The lowest BCUT2D eigenvalue weighted by Crippen LogP contribution is -2.21. The Kier molecular flexibility index (Phi) is 5.37. The van der Waals surface area contributed by atoms with Gasteiger partial charge in [-0.2, -0.15) is 5.26 Å². The molecule has 4 rings (SSSR count). The fourth-order valence-electron chi connectivity index (χ4n) is 3.51. The number of halogens is 1. The Balaban J connectivity index is 1.68. The Hall–Kier alpha value is -4.18. The van der Waals surface area contributed by atoms with Crippen molar-refractivity contribution in [3.05, 3.63) is 94.6 Å². The van der Waals surface area contributed by atoms with Crippen LogP contribution in [0.1, 0.15) is 22.6 Å². The third kappa shape index (κ3) is 3.96. The fourth-order valence-corrected chi connectivity index (χ4v) is 3.51. The Morgan fingerprint density at radius 1 is 1.10 bits per heavy atom. The summed E-state index contributed by atoms with van der Waals surface area (Å²) in [5.74, 6) is 0.586. The van der Waals surface area contributed by atoms with Crippen LogP contribution in [0.25, 0.3) is 0 Å². The van der Waals surface area contributed by atoms with Crippen LogP contribution in [0, 0.1) is 17.1 Å². The highest BCUT2D eigenvalue weighted by Gasteiger charge is 2.31. The van der Waals surface area contributed by atoms with E-state index in [0.717, 1.165) is 11.1 Å². The van der Waals surface area contributed by atoms with Gasteiger partial charge in [0.15, 0.2) is 11.5 Å². The molecule has 0 fully saturated rings. The van der Waals surface area contributed by atoms with Crippen molar-refractivity contribution in [3.63, 3.8) is 0 Å². The molecule has 1 aliphatic rings. The van der Waals surface area contributed by atoms with Gasteiger partial charge in [0, 0.05) is 11.6 Å². The summed E-state index contributed by atoms with van der Waals surface area (Å²) in [7, 11) is 1.52. The van der Waals surface area contributed by atoms with Gasteiger partial charge in [-0.25, -0.2) is 4.39 Å². The lowest BCUT2D eigenvalue weighted by Gasteiger charge is -2.27. The molecule has 1 aliphatic heterocycles. The normalized spacial score (nSPS) is 14.9.